The van der Waals surface area contributed by atoms with Gasteiger partial charge in [-0.05, 0) is 35.9 Å². The minimum absolute atomic E-state index is 0.154. The van der Waals surface area contributed by atoms with E-state index in [1.807, 2.05) is 0 Å². The number of nitrogens with two attached hydrogens (primary N) is 1. The molecule has 2 aromatic carbocycles. The second-order valence-electron chi connectivity index (χ2n) is 5.34. The first-order valence-electron chi connectivity index (χ1n) is 7.18. The number of alkyl halides is 3. The third kappa shape index (κ3) is 5.22. The molecule has 3 N–H and O–H groups in total. The topological polar surface area (TPSA) is 72.2 Å². The summed E-state index contributed by atoms with van der Waals surface area (Å²) in [4.78, 5) is 23.7. The minimum Gasteiger partial charge on any atom is -0.368 e. The maximum absolute atomic E-state index is 12.8. The minimum atomic E-state index is -4.50. The highest BCUT2D eigenvalue weighted by Gasteiger charge is 2.30. The average molecular weight is 371 g/mol. The van der Waals surface area contributed by atoms with Crippen LogP contribution in [0, 0.1) is 0 Å². The number of rotatable bonds is 5. The number of hydrogen-bond donors (Lipinski definition) is 2. The molecule has 0 saturated carbocycles. The van der Waals surface area contributed by atoms with Crippen LogP contribution in [0.15, 0.2) is 48.5 Å². The molecule has 0 radical (unpaired) electrons. The third-order valence-corrected chi connectivity index (χ3v) is 3.70. The molecule has 0 aliphatic rings. The Balaban J connectivity index is 2.15. The lowest BCUT2D eigenvalue weighted by Gasteiger charge is -2.16. The van der Waals surface area contributed by atoms with Gasteiger partial charge in [-0.2, -0.15) is 13.2 Å². The molecule has 0 bridgehead atoms. The largest absolute Gasteiger partial charge is 0.416 e. The fourth-order valence-corrected chi connectivity index (χ4v) is 2.30. The highest BCUT2D eigenvalue weighted by Crippen LogP contribution is 2.29. The first-order valence-corrected chi connectivity index (χ1v) is 7.56. The monoisotopic (exact) mass is 370 g/mol. The Kier molecular flexibility index (Phi) is 5.69. The molecule has 2 rings (SSSR count). The van der Waals surface area contributed by atoms with Gasteiger partial charge in [0.2, 0.25) is 5.91 Å². The zero-order valence-electron chi connectivity index (χ0n) is 12.8. The second-order valence-corrected chi connectivity index (χ2v) is 5.77. The van der Waals surface area contributed by atoms with Gasteiger partial charge in [0.15, 0.2) is 0 Å². The summed E-state index contributed by atoms with van der Waals surface area (Å²) in [6.07, 6.45) is -4.65. The molecule has 2 amide bonds. The van der Waals surface area contributed by atoms with E-state index in [4.69, 9.17) is 17.3 Å². The Morgan fingerprint density at radius 2 is 1.76 bits per heavy atom. The number of amides is 2. The van der Waals surface area contributed by atoms with Crippen LogP contribution < -0.4 is 11.1 Å². The predicted octanol–water partition coefficient (Wildman–Crippen LogP) is 3.19. The molecular weight excluding hydrogens is 357 g/mol. The molecule has 0 aromatic heterocycles. The van der Waals surface area contributed by atoms with Crippen molar-refractivity contribution in [3.05, 3.63) is 70.2 Å². The van der Waals surface area contributed by atoms with Gasteiger partial charge in [-0.3, -0.25) is 9.59 Å². The van der Waals surface area contributed by atoms with Crippen molar-refractivity contribution >= 4 is 23.4 Å². The van der Waals surface area contributed by atoms with E-state index in [0.29, 0.717) is 5.02 Å². The van der Waals surface area contributed by atoms with Crippen LogP contribution in [0.1, 0.15) is 21.5 Å². The van der Waals surface area contributed by atoms with Gasteiger partial charge in [-0.1, -0.05) is 29.8 Å². The summed E-state index contributed by atoms with van der Waals surface area (Å²) in [5.41, 5.74) is 4.91. The summed E-state index contributed by atoms with van der Waals surface area (Å²) in [5, 5.41) is 2.86. The van der Waals surface area contributed by atoms with Gasteiger partial charge in [0.05, 0.1) is 5.56 Å². The van der Waals surface area contributed by atoms with E-state index in [-0.39, 0.29) is 17.5 Å². The molecule has 0 saturated heterocycles. The number of nitrogens with one attached hydrogen (secondary N) is 1. The first-order chi connectivity index (χ1) is 11.7. The van der Waals surface area contributed by atoms with Crippen molar-refractivity contribution in [2.75, 3.05) is 0 Å². The van der Waals surface area contributed by atoms with Gasteiger partial charge in [0, 0.05) is 17.0 Å². The molecule has 0 fully saturated rings. The fourth-order valence-electron chi connectivity index (χ4n) is 2.18. The van der Waals surface area contributed by atoms with Crippen LogP contribution in [0.5, 0.6) is 0 Å². The highest BCUT2D eigenvalue weighted by atomic mass is 35.5. The normalized spacial score (nSPS) is 12.5. The molecule has 25 heavy (non-hydrogen) atoms. The van der Waals surface area contributed by atoms with E-state index in [1.54, 1.807) is 0 Å². The smallest absolute Gasteiger partial charge is 0.368 e. The van der Waals surface area contributed by atoms with Crippen LogP contribution in [0.4, 0.5) is 13.2 Å². The van der Waals surface area contributed by atoms with Crippen LogP contribution in [0.3, 0.4) is 0 Å². The summed E-state index contributed by atoms with van der Waals surface area (Å²) >= 11 is 5.73. The summed E-state index contributed by atoms with van der Waals surface area (Å²) in [5.74, 6) is -1.42. The lowest BCUT2D eigenvalue weighted by molar-refractivity contribution is -0.137. The first kappa shape index (κ1) is 18.8. The maximum Gasteiger partial charge on any atom is 0.416 e. The van der Waals surface area contributed by atoms with Gasteiger partial charge in [0.25, 0.3) is 5.91 Å². The molecule has 0 aliphatic heterocycles. The number of primary amides is 1. The van der Waals surface area contributed by atoms with Gasteiger partial charge < -0.3 is 11.1 Å². The fraction of sp³-hybridized carbons (Fsp3) is 0.176. The Morgan fingerprint density at radius 3 is 2.32 bits per heavy atom. The SMILES string of the molecule is NC(=O)[C@@H](Cc1cccc(C(F)(F)F)c1)NC(=O)c1ccc(Cl)cc1. The zero-order valence-corrected chi connectivity index (χ0v) is 13.6. The maximum atomic E-state index is 12.8. The summed E-state index contributed by atoms with van der Waals surface area (Å²) in [6.45, 7) is 0. The van der Waals surface area contributed by atoms with Gasteiger partial charge in [-0.15, -0.1) is 0 Å². The van der Waals surface area contributed by atoms with Crippen molar-refractivity contribution in [1.82, 2.24) is 5.32 Å². The molecule has 1 atom stereocenters. The van der Waals surface area contributed by atoms with Crippen LogP contribution in [-0.2, 0) is 17.4 Å². The summed E-state index contributed by atoms with van der Waals surface area (Å²) < 4.78 is 38.3. The van der Waals surface area contributed by atoms with Gasteiger partial charge in [-0.25, -0.2) is 0 Å². The zero-order chi connectivity index (χ0) is 18.6. The number of carbonyl (C=O) groups is 2. The molecule has 0 spiro atoms. The molecule has 8 heteroatoms. The molecule has 0 heterocycles. The Bertz CT molecular complexity index is 776. The van der Waals surface area contributed by atoms with Crippen LogP contribution in [-0.4, -0.2) is 17.9 Å². The van der Waals surface area contributed by atoms with E-state index in [2.05, 4.69) is 5.32 Å². The number of carbonyl (C=O) groups excluding carboxylic acids is 2. The van der Waals surface area contributed by atoms with Crippen molar-refractivity contribution in [1.29, 1.82) is 0 Å². The van der Waals surface area contributed by atoms with Crippen molar-refractivity contribution in [3.63, 3.8) is 0 Å². The Morgan fingerprint density at radius 1 is 1.12 bits per heavy atom. The molecule has 0 aliphatic carbocycles. The van der Waals surface area contributed by atoms with E-state index in [0.717, 1.165) is 12.1 Å². The quantitative estimate of drug-likeness (QED) is 0.848. The lowest BCUT2D eigenvalue weighted by atomic mass is 10.0. The Hall–Kier alpha value is -2.54. The van der Waals surface area contributed by atoms with Crippen molar-refractivity contribution < 1.29 is 22.8 Å². The standard InChI is InChI=1S/C17H14ClF3N2O2/c18-13-6-4-11(5-7-13)16(25)23-14(15(22)24)9-10-2-1-3-12(8-10)17(19,20)21/h1-8,14H,9H2,(H2,22,24)(H,23,25)/t14-/m1/s1. The number of hydrogen-bond acceptors (Lipinski definition) is 2. The average Bonchev–Trinajstić information content (AvgIpc) is 2.54. The van der Waals surface area contributed by atoms with Crippen molar-refractivity contribution in [2.45, 2.75) is 18.6 Å². The molecule has 0 unspecified atom stereocenters. The van der Waals surface area contributed by atoms with Crippen LogP contribution >= 0.6 is 11.6 Å². The van der Waals surface area contributed by atoms with E-state index < -0.39 is 29.6 Å². The van der Waals surface area contributed by atoms with E-state index >= 15 is 0 Å². The lowest BCUT2D eigenvalue weighted by Crippen LogP contribution is -2.45. The van der Waals surface area contributed by atoms with Gasteiger partial charge in [0.1, 0.15) is 6.04 Å². The number of halogens is 4. The summed E-state index contributed by atoms with van der Waals surface area (Å²) in [7, 11) is 0. The predicted molar refractivity (Wildman–Crippen MR) is 87.0 cm³/mol. The van der Waals surface area contributed by atoms with E-state index in [9.17, 15) is 22.8 Å². The Labute approximate surface area is 146 Å². The van der Waals surface area contributed by atoms with Crippen molar-refractivity contribution in [3.8, 4) is 0 Å². The molecule has 132 valence electrons. The third-order valence-electron chi connectivity index (χ3n) is 3.45. The van der Waals surface area contributed by atoms with Crippen LogP contribution in [0.2, 0.25) is 5.02 Å². The molecule has 2 aromatic rings. The summed E-state index contributed by atoms with van der Waals surface area (Å²) in [6, 6.07) is 9.29. The van der Waals surface area contributed by atoms with Crippen molar-refractivity contribution in [2.24, 2.45) is 5.73 Å². The molecule has 4 nitrogen and oxygen atoms in total. The molecular formula is C17H14ClF3N2O2. The number of benzene rings is 2. The van der Waals surface area contributed by atoms with Gasteiger partial charge >= 0.3 is 6.18 Å². The second kappa shape index (κ2) is 7.57. The van der Waals surface area contributed by atoms with Crippen LogP contribution in [0.25, 0.3) is 0 Å². The van der Waals surface area contributed by atoms with E-state index in [1.165, 1.54) is 36.4 Å². The highest BCUT2D eigenvalue weighted by molar-refractivity contribution is 6.30.